The first-order valence-corrected chi connectivity index (χ1v) is 9.48. The Bertz CT molecular complexity index is 924. The van der Waals surface area contributed by atoms with Crippen LogP contribution in [0.4, 0.5) is 0 Å². The lowest BCUT2D eigenvalue weighted by molar-refractivity contribution is 0.0712. The van der Waals surface area contributed by atoms with Crippen LogP contribution in [0.1, 0.15) is 44.5 Å². The van der Waals surface area contributed by atoms with Gasteiger partial charge in [-0.05, 0) is 49.2 Å². The molecule has 132 valence electrons. The van der Waals surface area contributed by atoms with Gasteiger partial charge in [-0.25, -0.2) is 4.98 Å². The number of para-hydroxylation sites is 1. The van der Waals surface area contributed by atoms with E-state index in [1.807, 2.05) is 23.1 Å². The number of aromatic nitrogens is 1. The van der Waals surface area contributed by atoms with Crippen molar-refractivity contribution in [2.45, 2.75) is 18.8 Å². The maximum atomic E-state index is 12.7. The van der Waals surface area contributed by atoms with Crippen molar-refractivity contribution < 1.29 is 9.59 Å². The summed E-state index contributed by atoms with van der Waals surface area (Å²) in [6.07, 6.45) is 1.84. The number of carbonyl (C=O) groups excluding carboxylic acids is 2. The van der Waals surface area contributed by atoms with Crippen molar-refractivity contribution >= 4 is 33.4 Å². The molecular weight excluding hydrogens is 346 g/mol. The Balaban J connectivity index is 1.42. The summed E-state index contributed by atoms with van der Waals surface area (Å²) >= 11 is 1.76. The Morgan fingerprint density at radius 3 is 2.31 bits per heavy atom. The highest BCUT2D eigenvalue weighted by molar-refractivity contribution is 7.18. The van der Waals surface area contributed by atoms with Crippen LogP contribution in [0, 0.1) is 0 Å². The molecule has 6 heteroatoms. The number of nitrogens with two attached hydrogens (primary N) is 1. The van der Waals surface area contributed by atoms with Crippen molar-refractivity contribution in [3.05, 3.63) is 64.7 Å². The molecule has 0 atom stereocenters. The average molecular weight is 365 g/mol. The van der Waals surface area contributed by atoms with Gasteiger partial charge in [0, 0.05) is 30.1 Å². The summed E-state index contributed by atoms with van der Waals surface area (Å²) in [7, 11) is 0. The number of piperidine rings is 1. The molecule has 2 aromatic carbocycles. The van der Waals surface area contributed by atoms with E-state index in [1.54, 1.807) is 35.6 Å². The fraction of sp³-hybridized carbons (Fsp3) is 0.250. The number of fused-ring (bicyclic) bond motifs is 1. The van der Waals surface area contributed by atoms with Gasteiger partial charge < -0.3 is 10.6 Å². The number of benzene rings is 2. The van der Waals surface area contributed by atoms with E-state index in [0.717, 1.165) is 31.4 Å². The predicted octanol–water partition coefficient (Wildman–Crippen LogP) is 3.42. The van der Waals surface area contributed by atoms with Gasteiger partial charge in [0.2, 0.25) is 5.91 Å². The number of thiazole rings is 1. The Morgan fingerprint density at radius 1 is 1.00 bits per heavy atom. The number of hydrogen-bond acceptors (Lipinski definition) is 4. The third-order valence-corrected chi connectivity index (χ3v) is 6.06. The summed E-state index contributed by atoms with van der Waals surface area (Å²) in [6.45, 7) is 1.44. The van der Waals surface area contributed by atoms with Gasteiger partial charge in [0.15, 0.2) is 0 Å². The average Bonchev–Trinajstić information content (AvgIpc) is 3.12. The van der Waals surface area contributed by atoms with Gasteiger partial charge in [-0.3, -0.25) is 9.59 Å². The van der Waals surface area contributed by atoms with Crippen molar-refractivity contribution in [1.29, 1.82) is 0 Å². The largest absolute Gasteiger partial charge is 0.366 e. The molecule has 0 aliphatic carbocycles. The Kier molecular flexibility index (Phi) is 4.42. The molecule has 2 heterocycles. The zero-order chi connectivity index (χ0) is 18.1. The fourth-order valence-electron chi connectivity index (χ4n) is 3.35. The summed E-state index contributed by atoms with van der Waals surface area (Å²) in [5.41, 5.74) is 7.30. The molecule has 3 aromatic rings. The number of amides is 2. The van der Waals surface area contributed by atoms with Crippen LogP contribution in [-0.4, -0.2) is 34.8 Å². The summed E-state index contributed by atoms with van der Waals surface area (Å²) in [4.78, 5) is 30.4. The molecule has 0 unspecified atom stereocenters. The van der Waals surface area contributed by atoms with Gasteiger partial charge in [-0.2, -0.15) is 0 Å². The second-order valence-corrected chi connectivity index (χ2v) is 7.59. The van der Waals surface area contributed by atoms with Gasteiger partial charge in [0.25, 0.3) is 5.91 Å². The topological polar surface area (TPSA) is 76.3 Å². The second-order valence-electron chi connectivity index (χ2n) is 6.53. The van der Waals surface area contributed by atoms with Crippen molar-refractivity contribution in [1.82, 2.24) is 9.88 Å². The van der Waals surface area contributed by atoms with Gasteiger partial charge in [-0.1, -0.05) is 12.1 Å². The van der Waals surface area contributed by atoms with Crippen LogP contribution in [0.15, 0.2) is 48.5 Å². The minimum atomic E-state index is -0.486. The molecule has 26 heavy (non-hydrogen) atoms. The molecule has 1 fully saturated rings. The number of primary amides is 1. The minimum Gasteiger partial charge on any atom is -0.366 e. The van der Waals surface area contributed by atoms with Gasteiger partial charge in [0.1, 0.15) is 0 Å². The van der Waals surface area contributed by atoms with Crippen molar-refractivity contribution in [3.8, 4) is 0 Å². The molecule has 1 saturated heterocycles. The molecule has 0 bridgehead atoms. The summed E-state index contributed by atoms with van der Waals surface area (Å²) in [6, 6.07) is 14.7. The highest BCUT2D eigenvalue weighted by Gasteiger charge is 2.26. The predicted molar refractivity (Wildman–Crippen MR) is 102 cm³/mol. The van der Waals surface area contributed by atoms with Gasteiger partial charge in [-0.15, -0.1) is 11.3 Å². The third kappa shape index (κ3) is 3.20. The van der Waals surface area contributed by atoms with E-state index in [1.165, 1.54) is 9.71 Å². The molecule has 2 amide bonds. The number of nitrogens with zero attached hydrogens (tertiary/aromatic N) is 2. The molecule has 0 spiro atoms. The second kappa shape index (κ2) is 6.88. The van der Waals surface area contributed by atoms with Crippen LogP contribution in [0.25, 0.3) is 10.2 Å². The van der Waals surface area contributed by atoms with Crippen molar-refractivity contribution in [2.75, 3.05) is 13.1 Å². The van der Waals surface area contributed by atoms with E-state index in [0.29, 0.717) is 17.0 Å². The number of likely N-dealkylation sites (tertiary alicyclic amines) is 1. The van der Waals surface area contributed by atoms with Crippen molar-refractivity contribution in [3.63, 3.8) is 0 Å². The Morgan fingerprint density at radius 2 is 1.65 bits per heavy atom. The van der Waals surface area contributed by atoms with E-state index >= 15 is 0 Å². The summed E-state index contributed by atoms with van der Waals surface area (Å²) < 4.78 is 1.22. The van der Waals surface area contributed by atoms with E-state index in [4.69, 9.17) is 10.7 Å². The fourth-order valence-corrected chi connectivity index (χ4v) is 4.49. The lowest BCUT2D eigenvalue weighted by atomic mass is 9.97. The molecule has 1 aliphatic rings. The first kappa shape index (κ1) is 16.7. The number of rotatable bonds is 3. The van der Waals surface area contributed by atoms with Crippen LogP contribution in [0.5, 0.6) is 0 Å². The smallest absolute Gasteiger partial charge is 0.253 e. The third-order valence-electron chi connectivity index (χ3n) is 4.86. The van der Waals surface area contributed by atoms with Gasteiger partial charge in [0.05, 0.1) is 15.2 Å². The first-order chi connectivity index (χ1) is 12.6. The van der Waals surface area contributed by atoms with E-state index < -0.39 is 5.91 Å². The molecule has 2 N–H and O–H groups in total. The van der Waals surface area contributed by atoms with Crippen LogP contribution >= 0.6 is 11.3 Å². The number of hydrogen-bond donors (Lipinski definition) is 1. The molecule has 5 nitrogen and oxygen atoms in total. The quantitative estimate of drug-likeness (QED) is 0.773. The van der Waals surface area contributed by atoms with Crippen LogP contribution in [-0.2, 0) is 0 Å². The maximum absolute atomic E-state index is 12.7. The van der Waals surface area contributed by atoms with Crippen LogP contribution < -0.4 is 5.73 Å². The Labute approximate surface area is 155 Å². The van der Waals surface area contributed by atoms with Gasteiger partial charge >= 0.3 is 0 Å². The SMILES string of the molecule is NC(=O)c1ccc(C(=O)N2CCC(c3nc4ccccc4s3)CC2)cc1. The standard InChI is InChI=1S/C20H19N3O2S/c21-18(24)13-5-7-15(8-6-13)20(25)23-11-9-14(10-12-23)19-22-16-3-1-2-4-17(16)26-19/h1-8,14H,9-12H2,(H2,21,24). The molecule has 1 aliphatic heterocycles. The van der Waals surface area contributed by atoms with Crippen LogP contribution in [0.2, 0.25) is 0 Å². The lowest BCUT2D eigenvalue weighted by Gasteiger charge is -2.31. The molecule has 0 saturated carbocycles. The van der Waals surface area contributed by atoms with E-state index in [9.17, 15) is 9.59 Å². The monoisotopic (exact) mass is 365 g/mol. The lowest BCUT2D eigenvalue weighted by Crippen LogP contribution is -2.37. The molecule has 0 radical (unpaired) electrons. The molecule has 4 rings (SSSR count). The summed E-state index contributed by atoms with van der Waals surface area (Å²) in [5, 5.41) is 1.17. The highest BCUT2D eigenvalue weighted by Crippen LogP contribution is 2.34. The molecule has 1 aromatic heterocycles. The first-order valence-electron chi connectivity index (χ1n) is 8.66. The Hall–Kier alpha value is -2.73. The van der Waals surface area contributed by atoms with Crippen LogP contribution in [0.3, 0.4) is 0 Å². The minimum absolute atomic E-state index is 0.00349. The zero-order valence-corrected chi connectivity index (χ0v) is 15.0. The number of carbonyl (C=O) groups is 2. The normalized spacial score (nSPS) is 15.3. The zero-order valence-electron chi connectivity index (χ0n) is 14.2. The van der Waals surface area contributed by atoms with Crippen molar-refractivity contribution in [2.24, 2.45) is 5.73 Å². The maximum Gasteiger partial charge on any atom is 0.253 e. The summed E-state index contributed by atoms with van der Waals surface area (Å²) in [5.74, 6) is -0.0712. The van der Waals surface area contributed by atoms with E-state index in [2.05, 4.69) is 6.07 Å². The highest BCUT2D eigenvalue weighted by atomic mass is 32.1. The van der Waals surface area contributed by atoms with E-state index in [-0.39, 0.29) is 5.91 Å². The molecular formula is C20H19N3O2S.